The van der Waals surface area contributed by atoms with Crippen LogP contribution in [0.3, 0.4) is 0 Å². The van der Waals surface area contributed by atoms with Crippen molar-refractivity contribution in [2.75, 3.05) is 26.2 Å². The zero-order valence-electron chi connectivity index (χ0n) is 29.0. The van der Waals surface area contributed by atoms with E-state index in [1.807, 2.05) is 41.5 Å². The Morgan fingerprint density at radius 3 is 1.07 bits per heavy atom. The first-order valence-electron chi connectivity index (χ1n) is 16.2. The van der Waals surface area contributed by atoms with Crippen molar-refractivity contribution in [1.29, 1.82) is 0 Å². The van der Waals surface area contributed by atoms with Crippen LogP contribution in [0.4, 0.5) is 0 Å². The number of aldehydes is 2. The highest BCUT2D eigenvalue weighted by atomic mass is 32.7. The highest BCUT2D eigenvalue weighted by Crippen LogP contribution is 2.10. The normalized spacial score (nSPS) is 12.4. The van der Waals surface area contributed by atoms with Gasteiger partial charge in [-0.2, -0.15) is 0 Å². The largest absolute Gasteiger partial charge is 0.356 e. The first-order valence-corrected chi connectivity index (χ1v) is 20.7. The van der Waals surface area contributed by atoms with E-state index in [9.17, 15) is 38.4 Å². The van der Waals surface area contributed by atoms with Crippen molar-refractivity contribution in [1.82, 2.24) is 20.4 Å². The molecule has 2 N–H and O–H groups in total. The Morgan fingerprint density at radius 2 is 0.852 bits per heavy atom. The molecule has 0 fully saturated rings. The quantitative estimate of drug-likeness (QED) is 0.0558. The topological polar surface area (TPSA) is 167 Å². The number of rotatable bonds is 19. The molecule has 0 spiro atoms. The summed E-state index contributed by atoms with van der Waals surface area (Å²) in [5.41, 5.74) is 0. The van der Waals surface area contributed by atoms with E-state index in [-0.39, 0.29) is 118 Å². The van der Waals surface area contributed by atoms with E-state index < -0.39 is 0 Å². The second-order valence-corrected chi connectivity index (χ2v) is 14.2. The van der Waals surface area contributed by atoms with Crippen molar-refractivity contribution in [3.8, 4) is 0 Å². The standard InChI is InChI=1S/2C14H20N2O4.2C2H6.6CH4.P2S2/c2*1-11(10-17)4-2-3-8-15-12(18)7-9-16-13(19)5-6-14(16)20;2*1-2;;;;;;;3-1-2-4/h2*5-6,10-11H,2-4,7-9H2,1H3,(H,15,18);2*1-2H3;6*1H4;. The second kappa shape index (κ2) is 50.1. The molecule has 0 aromatic heterocycles. The first-order chi connectivity index (χ1) is 23.0. The molecule has 0 aromatic rings. The maximum absolute atomic E-state index is 11.5. The molecule has 2 atom stereocenters. The maximum Gasteiger partial charge on any atom is 0.253 e. The van der Waals surface area contributed by atoms with Gasteiger partial charge >= 0.3 is 0 Å². The van der Waals surface area contributed by atoms with Gasteiger partial charge in [-0.25, -0.2) is 0 Å². The van der Waals surface area contributed by atoms with Gasteiger partial charge in [0.15, 0.2) is 0 Å². The minimum absolute atomic E-state index is 0. The predicted molar refractivity (Wildman–Crippen MR) is 237 cm³/mol. The highest BCUT2D eigenvalue weighted by molar-refractivity contribution is 8.40. The molecule has 2 aliphatic heterocycles. The summed E-state index contributed by atoms with van der Waals surface area (Å²) in [5, 5.41) is 5.46. The molecule has 54 heavy (non-hydrogen) atoms. The average Bonchev–Trinajstić information content (AvgIpc) is 3.61. The number of nitrogens with zero attached hydrogens (tertiary/aromatic N) is 2. The van der Waals surface area contributed by atoms with Crippen LogP contribution in [0.15, 0.2) is 24.3 Å². The van der Waals surface area contributed by atoms with E-state index in [0.29, 0.717) is 13.1 Å². The van der Waals surface area contributed by atoms with Gasteiger partial charge in [-0.3, -0.25) is 38.6 Å². The van der Waals surface area contributed by atoms with E-state index in [1.54, 1.807) is 0 Å². The van der Waals surface area contributed by atoms with Gasteiger partial charge in [0.05, 0.1) is 0 Å². The number of hydrogen-bond acceptors (Lipinski definition) is 10. The Labute approximate surface area is 343 Å². The van der Waals surface area contributed by atoms with E-state index in [2.05, 4.69) is 34.2 Å². The van der Waals surface area contributed by atoms with Crippen LogP contribution in [0, 0.1) is 11.8 Å². The fraction of sp³-hybridized carbons (Fsp3) is 0.684. The van der Waals surface area contributed by atoms with Gasteiger partial charge in [0.25, 0.3) is 23.6 Å². The van der Waals surface area contributed by atoms with E-state index >= 15 is 0 Å². The summed E-state index contributed by atoms with van der Waals surface area (Å²) in [6.07, 6.45) is 11.9. The Bertz CT molecular complexity index is 989. The lowest BCUT2D eigenvalue weighted by molar-refractivity contribution is -0.139. The number of hydrogen-bond donors (Lipinski definition) is 2. The van der Waals surface area contributed by atoms with Crippen LogP contribution < -0.4 is 10.6 Å². The van der Waals surface area contributed by atoms with Gasteiger partial charge in [-0.1, -0.05) is 98.9 Å². The van der Waals surface area contributed by atoms with E-state index in [0.717, 1.165) is 75.0 Å². The molecule has 16 heteroatoms. The molecule has 6 amide bonds. The monoisotopic (exact) mass is 842 g/mol. The lowest BCUT2D eigenvalue weighted by atomic mass is 10.1. The summed E-state index contributed by atoms with van der Waals surface area (Å²) in [6.45, 7) is 13.0. The third-order valence-electron chi connectivity index (χ3n) is 6.24. The predicted octanol–water partition coefficient (Wildman–Crippen LogP) is 8.43. The van der Waals surface area contributed by atoms with Gasteiger partial charge < -0.3 is 20.2 Å². The number of unbranched alkanes of at least 4 members (excludes halogenated alkanes) is 2. The number of carbonyl (C=O) groups excluding carboxylic acids is 8. The smallest absolute Gasteiger partial charge is 0.253 e. The third kappa shape index (κ3) is 38.8. The molecule has 0 saturated heterocycles. The Morgan fingerprint density at radius 1 is 0.593 bits per heavy atom. The molecule has 2 rings (SSSR count). The summed E-state index contributed by atoms with van der Waals surface area (Å²) < 4.78 is 0. The maximum atomic E-state index is 11.5. The van der Waals surface area contributed by atoms with Gasteiger partial charge in [-0.05, 0) is 49.3 Å². The molecular formula is C38H76N4O8P2S2. The molecule has 318 valence electrons. The second-order valence-electron chi connectivity index (χ2n) is 9.90. The summed E-state index contributed by atoms with van der Waals surface area (Å²) in [5.74, 6) is -1.72. The van der Waals surface area contributed by atoms with Gasteiger partial charge in [0, 0.05) is 89.2 Å². The molecular weight excluding hydrogens is 767 g/mol. The van der Waals surface area contributed by atoms with Crippen molar-refractivity contribution < 1.29 is 38.4 Å². The SMILES string of the molecule is C.C.C.C.C.C.CC.CC.CC(C=O)CCCCNC(=O)CCN1C(=O)C=CC1=O.CC(C=O)CCCCNC(=O)CCN1C(=O)C=CC1=O.S=PP=S. The third-order valence-corrected chi connectivity index (χ3v) is 8.91. The number of imide groups is 2. The number of carbonyl (C=O) groups is 8. The average molecular weight is 843 g/mol. The molecule has 0 radical (unpaired) electrons. The van der Waals surface area contributed by atoms with Gasteiger partial charge in [0.2, 0.25) is 11.8 Å². The van der Waals surface area contributed by atoms with Crippen LogP contribution in [0.1, 0.15) is 137 Å². The fourth-order valence-corrected chi connectivity index (χ4v) is 3.68. The summed E-state index contributed by atoms with van der Waals surface area (Å²) >= 11 is 8.82. The lowest BCUT2D eigenvalue weighted by Crippen LogP contribution is -2.34. The molecule has 12 nitrogen and oxygen atoms in total. The van der Waals surface area contributed by atoms with Crippen molar-refractivity contribution in [2.45, 2.75) is 137 Å². The summed E-state index contributed by atoms with van der Waals surface area (Å²) in [7, 11) is 1.74. The van der Waals surface area contributed by atoms with E-state index in [1.165, 1.54) is 24.3 Å². The number of amides is 6. The molecule has 2 unspecified atom stereocenters. The van der Waals surface area contributed by atoms with Gasteiger partial charge in [0.1, 0.15) is 12.6 Å². The Balaban J connectivity index is -0.0000000820. The van der Waals surface area contributed by atoms with Crippen molar-refractivity contribution in [2.24, 2.45) is 11.8 Å². The fourth-order valence-electron chi connectivity index (χ4n) is 3.68. The molecule has 0 bridgehead atoms. The molecule has 0 saturated carbocycles. The summed E-state index contributed by atoms with van der Waals surface area (Å²) in [4.78, 5) is 91.0. The summed E-state index contributed by atoms with van der Waals surface area (Å²) in [6, 6.07) is 0. The van der Waals surface area contributed by atoms with Crippen LogP contribution in [-0.2, 0) is 62.0 Å². The van der Waals surface area contributed by atoms with Crippen molar-refractivity contribution >= 4 is 85.7 Å². The van der Waals surface area contributed by atoms with Crippen LogP contribution in [0.5, 0.6) is 0 Å². The van der Waals surface area contributed by atoms with Crippen LogP contribution in [-0.4, -0.2) is 84.0 Å². The highest BCUT2D eigenvalue weighted by Gasteiger charge is 2.24. The van der Waals surface area contributed by atoms with Crippen LogP contribution >= 0.6 is 14.1 Å². The Hall–Kier alpha value is -2.92. The van der Waals surface area contributed by atoms with Gasteiger partial charge in [-0.15, -0.1) is 0 Å². The molecule has 2 aliphatic rings. The number of nitrogens with one attached hydrogen (secondary N) is 2. The minimum atomic E-state index is -0.370. The van der Waals surface area contributed by atoms with E-state index in [4.69, 9.17) is 0 Å². The molecule has 0 aliphatic carbocycles. The van der Waals surface area contributed by atoms with Crippen LogP contribution in [0.2, 0.25) is 0 Å². The molecule has 2 heterocycles. The first kappa shape index (κ1) is 72.3. The van der Waals surface area contributed by atoms with Crippen LogP contribution in [0.25, 0.3) is 0 Å². The minimum Gasteiger partial charge on any atom is -0.356 e. The van der Waals surface area contributed by atoms with Crippen molar-refractivity contribution in [3.63, 3.8) is 0 Å². The molecule has 0 aromatic carbocycles. The Kier molecular flexibility index (Phi) is 67.1. The van der Waals surface area contributed by atoms with Crippen molar-refractivity contribution in [3.05, 3.63) is 24.3 Å². The zero-order chi connectivity index (χ0) is 37.3. The zero-order valence-corrected chi connectivity index (χ0v) is 32.4. The lowest BCUT2D eigenvalue weighted by Gasteiger charge is -2.13.